The van der Waals surface area contributed by atoms with Crippen molar-refractivity contribution in [3.05, 3.63) is 179 Å². The first-order chi connectivity index (χ1) is 28.4. The van der Waals surface area contributed by atoms with E-state index in [1.54, 1.807) is 0 Å². The average molecular weight is 751 g/mol. The van der Waals surface area contributed by atoms with Gasteiger partial charge in [0.15, 0.2) is 0 Å². The summed E-state index contributed by atoms with van der Waals surface area (Å²) in [6.07, 6.45) is 6.09. The molecule has 0 saturated carbocycles. The summed E-state index contributed by atoms with van der Waals surface area (Å²) in [6, 6.07) is 56.8. The molecule has 286 valence electrons. The Balaban J connectivity index is 1.48. The van der Waals surface area contributed by atoms with E-state index in [9.17, 15) is 0 Å². The highest BCUT2D eigenvalue weighted by Crippen LogP contribution is 2.48. The molecule has 0 heteroatoms. The van der Waals surface area contributed by atoms with Crippen LogP contribution in [0.1, 0.15) is 74.9 Å². The number of hydrogen-bond donors (Lipinski definition) is 0. The maximum absolute atomic E-state index is 2.52. The number of hydrogen-bond acceptors (Lipinski definition) is 0. The Morgan fingerprint density at radius 2 is 0.655 bits per heavy atom. The molecule has 58 heavy (non-hydrogen) atoms. The maximum Gasteiger partial charge on any atom is -0.00199 e. The topological polar surface area (TPSA) is 0 Å². The van der Waals surface area contributed by atoms with E-state index in [1.165, 1.54) is 121 Å². The second-order valence-electron chi connectivity index (χ2n) is 16.2. The van der Waals surface area contributed by atoms with Crippen LogP contribution in [-0.4, -0.2) is 0 Å². The van der Waals surface area contributed by atoms with Gasteiger partial charge in [-0.15, -0.1) is 0 Å². The summed E-state index contributed by atoms with van der Waals surface area (Å²) in [6.45, 7) is 13.7. The van der Waals surface area contributed by atoms with Gasteiger partial charge in [-0.2, -0.15) is 0 Å². The zero-order valence-electron chi connectivity index (χ0n) is 35.1. The van der Waals surface area contributed by atoms with E-state index >= 15 is 0 Å². The van der Waals surface area contributed by atoms with Gasteiger partial charge in [0.2, 0.25) is 0 Å². The molecule has 9 aromatic carbocycles. The van der Waals surface area contributed by atoms with Gasteiger partial charge in [0.05, 0.1) is 0 Å². The molecular weight excluding hydrogens is 697 g/mol. The quantitative estimate of drug-likeness (QED) is 0.0964. The first-order valence-electron chi connectivity index (χ1n) is 21.8. The lowest BCUT2D eigenvalue weighted by Crippen LogP contribution is -1.96. The summed E-state index contributed by atoms with van der Waals surface area (Å²) in [7, 11) is 0. The van der Waals surface area contributed by atoms with Crippen molar-refractivity contribution in [1.82, 2.24) is 0 Å². The van der Waals surface area contributed by atoms with Crippen LogP contribution in [-0.2, 0) is 38.5 Å². The van der Waals surface area contributed by atoms with Crippen LogP contribution in [0.4, 0.5) is 0 Å². The molecule has 0 nitrogen and oxygen atoms in total. The fourth-order valence-corrected chi connectivity index (χ4v) is 9.44. The Hall–Kier alpha value is -5.98. The molecule has 9 aromatic rings. The minimum atomic E-state index is 1.00. The van der Waals surface area contributed by atoms with Crippen LogP contribution in [0.2, 0.25) is 0 Å². The van der Waals surface area contributed by atoms with Crippen molar-refractivity contribution in [1.29, 1.82) is 0 Å². The van der Waals surface area contributed by atoms with Gasteiger partial charge in [0, 0.05) is 0 Å². The molecule has 0 heterocycles. The molecule has 0 bridgehead atoms. The second-order valence-corrected chi connectivity index (χ2v) is 16.2. The zero-order chi connectivity index (χ0) is 39.9. The standard InChI is InChI=1S/C58H54/c1-7-37-25-38(8-2)29-46(28-37)43-21-23-52-55(34-43)57(48-32-41(11-5)27-42(12-6)33-48)56-35-44(47-30-39(9-3)26-40(10-4)31-47)22-24-53(56)58(52)54-36-45-17-13-14-18-49(45)50-19-15-16-20-51(50)54/h13-36H,7-12H2,1-6H3. The lowest BCUT2D eigenvalue weighted by atomic mass is 9.81. The van der Waals surface area contributed by atoms with Crippen LogP contribution in [0.15, 0.2) is 146 Å². The molecule has 0 saturated heterocycles. The van der Waals surface area contributed by atoms with Crippen LogP contribution in [0.5, 0.6) is 0 Å². The molecule has 0 aliphatic carbocycles. The number of aryl methyl sites for hydroxylation is 6. The van der Waals surface area contributed by atoms with Gasteiger partial charge in [-0.3, -0.25) is 0 Å². The normalized spacial score (nSPS) is 11.7. The molecule has 0 aliphatic heterocycles. The average Bonchev–Trinajstić information content (AvgIpc) is 3.29. The summed E-state index contributed by atoms with van der Waals surface area (Å²) in [5, 5.41) is 10.4. The molecular formula is C58H54. The minimum absolute atomic E-state index is 1.00. The van der Waals surface area contributed by atoms with E-state index in [2.05, 4.69) is 187 Å². The van der Waals surface area contributed by atoms with Crippen LogP contribution >= 0.6 is 0 Å². The lowest BCUT2D eigenvalue weighted by Gasteiger charge is -2.22. The summed E-state index contributed by atoms with van der Waals surface area (Å²) >= 11 is 0. The van der Waals surface area contributed by atoms with E-state index in [0.717, 1.165) is 38.5 Å². The highest BCUT2D eigenvalue weighted by molar-refractivity contribution is 6.26. The molecule has 0 aliphatic rings. The first-order valence-corrected chi connectivity index (χ1v) is 21.8. The largest absolute Gasteiger partial charge is 0.0616 e. The molecule has 0 aromatic heterocycles. The van der Waals surface area contributed by atoms with Crippen molar-refractivity contribution >= 4 is 43.1 Å². The summed E-state index contributed by atoms with van der Waals surface area (Å²) in [4.78, 5) is 0. The lowest BCUT2D eigenvalue weighted by molar-refractivity contribution is 1.09. The van der Waals surface area contributed by atoms with Gasteiger partial charge in [0.1, 0.15) is 0 Å². The molecule has 0 fully saturated rings. The Labute approximate surface area is 345 Å². The first kappa shape index (κ1) is 37.6. The Morgan fingerprint density at radius 1 is 0.259 bits per heavy atom. The van der Waals surface area contributed by atoms with E-state index in [-0.39, 0.29) is 0 Å². The molecule has 0 spiro atoms. The third-order valence-electron chi connectivity index (χ3n) is 12.7. The van der Waals surface area contributed by atoms with Crippen molar-refractivity contribution in [2.45, 2.75) is 80.1 Å². The molecule has 0 amide bonds. The highest BCUT2D eigenvalue weighted by Gasteiger charge is 2.21. The summed E-state index contributed by atoms with van der Waals surface area (Å²) in [5.41, 5.74) is 18.7. The molecule has 0 N–H and O–H groups in total. The van der Waals surface area contributed by atoms with Crippen molar-refractivity contribution in [2.24, 2.45) is 0 Å². The number of fused-ring (bicyclic) bond motifs is 5. The van der Waals surface area contributed by atoms with Crippen molar-refractivity contribution in [3.63, 3.8) is 0 Å². The SMILES string of the molecule is CCc1cc(CC)cc(-c2ccc3c(-c4cc5ccccc5c5ccccc45)c4ccc(-c5cc(CC)cc(CC)c5)cc4c(-c4cc(CC)cc(CC)c4)c3c2)c1. The van der Waals surface area contributed by atoms with Gasteiger partial charge in [-0.25, -0.2) is 0 Å². The van der Waals surface area contributed by atoms with Crippen LogP contribution in [0.25, 0.3) is 87.6 Å². The number of benzene rings is 9. The molecule has 9 rings (SSSR count). The Bertz CT molecular complexity index is 2830. The molecule has 0 radical (unpaired) electrons. The van der Waals surface area contributed by atoms with Gasteiger partial charge < -0.3 is 0 Å². The second kappa shape index (κ2) is 15.8. The van der Waals surface area contributed by atoms with Gasteiger partial charge in [-0.05, 0) is 178 Å². The van der Waals surface area contributed by atoms with E-state index in [0.29, 0.717) is 0 Å². The van der Waals surface area contributed by atoms with Crippen LogP contribution < -0.4 is 0 Å². The third kappa shape index (κ3) is 6.69. The fraction of sp³-hybridized carbons (Fsp3) is 0.207. The van der Waals surface area contributed by atoms with Crippen LogP contribution in [0, 0.1) is 0 Å². The predicted molar refractivity (Wildman–Crippen MR) is 254 cm³/mol. The maximum atomic E-state index is 2.52. The minimum Gasteiger partial charge on any atom is -0.0616 e. The summed E-state index contributed by atoms with van der Waals surface area (Å²) < 4.78 is 0. The van der Waals surface area contributed by atoms with Gasteiger partial charge >= 0.3 is 0 Å². The summed E-state index contributed by atoms with van der Waals surface area (Å²) in [5.74, 6) is 0. The smallest absolute Gasteiger partial charge is 0.00199 e. The van der Waals surface area contributed by atoms with Gasteiger partial charge in [-0.1, -0.05) is 169 Å². The van der Waals surface area contributed by atoms with Crippen molar-refractivity contribution in [2.75, 3.05) is 0 Å². The molecule has 0 unspecified atom stereocenters. The predicted octanol–water partition coefficient (Wildman–Crippen LogP) is 16.3. The third-order valence-corrected chi connectivity index (χ3v) is 12.7. The van der Waals surface area contributed by atoms with E-state index < -0.39 is 0 Å². The molecule has 0 atom stereocenters. The van der Waals surface area contributed by atoms with E-state index in [1.807, 2.05) is 0 Å². The van der Waals surface area contributed by atoms with Gasteiger partial charge in [0.25, 0.3) is 0 Å². The Kier molecular flexibility index (Phi) is 10.2. The monoisotopic (exact) mass is 750 g/mol. The fourth-order valence-electron chi connectivity index (χ4n) is 9.44. The van der Waals surface area contributed by atoms with E-state index in [4.69, 9.17) is 0 Å². The van der Waals surface area contributed by atoms with Crippen molar-refractivity contribution < 1.29 is 0 Å². The zero-order valence-corrected chi connectivity index (χ0v) is 35.1. The highest BCUT2D eigenvalue weighted by atomic mass is 14.2. The number of rotatable bonds is 10. The van der Waals surface area contributed by atoms with Crippen LogP contribution in [0.3, 0.4) is 0 Å². The van der Waals surface area contributed by atoms with Crippen molar-refractivity contribution in [3.8, 4) is 44.5 Å². The Morgan fingerprint density at radius 3 is 1.10 bits per heavy atom.